The summed E-state index contributed by atoms with van der Waals surface area (Å²) in [6.07, 6.45) is 0. The number of ether oxygens (including phenoxy) is 1. The zero-order valence-electron chi connectivity index (χ0n) is 4.05. The number of hydrogen-bond acceptors (Lipinski definition) is 2. The van der Waals surface area contributed by atoms with Gasteiger partial charge in [0.05, 0.1) is 6.61 Å². The number of hydrogen-bond donors (Lipinski definition) is 0. The van der Waals surface area contributed by atoms with Gasteiger partial charge in [0.2, 0.25) is 0 Å². The van der Waals surface area contributed by atoms with Gasteiger partial charge < -0.3 is 4.74 Å². The van der Waals surface area contributed by atoms with Crippen LogP contribution in [0.5, 0.6) is 0 Å². The van der Waals surface area contributed by atoms with Crippen LogP contribution in [0.1, 0.15) is 0 Å². The van der Waals surface area contributed by atoms with Crippen LogP contribution in [0.15, 0.2) is 0 Å². The Hall–Kier alpha value is 0.350. The summed E-state index contributed by atoms with van der Waals surface area (Å²) in [5, 5.41) is 0. The highest BCUT2D eigenvalue weighted by atomic mass is 31.0. The van der Waals surface area contributed by atoms with Crippen molar-refractivity contribution in [1.29, 1.82) is 0 Å². The van der Waals surface area contributed by atoms with Gasteiger partial charge in [0, 0.05) is 13.1 Å². The number of rotatable bonds is 0. The van der Waals surface area contributed by atoms with Gasteiger partial charge in [-0.3, -0.25) is 4.67 Å². The molecule has 2 fully saturated rings. The van der Waals surface area contributed by atoms with Gasteiger partial charge in [-0.05, 0) is 0 Å². The van der Waals surface area contributed by atoms with Gasteiger partial charge in [-0.15, -0.1) is 0 Å². The van der Waals surface area contributed by atoms with Crippen LogP contribution in [-0.4, -0.2) is 30.0 Å². The highest BCUT2D eigenvalue weighted by Crippen LogP contribution is 2.38. The molecule has 0 aromatic carbocycles. The maximum absolute atomic E-state index is 5.15. The Bertz CT molecular complexity index is 93.9. The molecule has 0 aromatic heterocycles. The number of nitrogens with zero attached hydrogens (tertiary/aromatic N) is 1. The maximum Gasteiger partial charge on any atom is 0.117 e. The van der Waals surface area contributed by atoms with Crippen molar-refractivity contribution in [1.82, 2.24) is 4.67 Å². The van der Waals surface area contributed by atoms with E-state index in [2.05, 4.69) is 14.1 Å². The van der Waals surface area contributed by atoms with E-state index in [1.54, 1.807) is 0 Å². The van der Waals surface area contributed by atoms with Gasteiger partial charge in [0.1, 0.15) is 5.60 Å². The van der Waals surface area contributed by atoms with E-state index in [1.807, 2.05) is 0 Å². The van der Waals surface area contributed by atoms with E-state index in [1.165, 1.54) is 0 Å². The van der Waals surface area contributed by atoms with Gasteiger partial charge in [-0.1, -0.05) is 9.39 Å². The summed E-state index contributed by atoms with van der Waals surface area (Å²) in [7, 11) is 2.66. The Balaban J connectivity index is 1.97. The highest BCUT2D eigenvalue weighted by molar-refractivity contribution is 7.13. The zero-order chi connectivity index (χ0) is 4.91. The highest BCUT2D eigenvalue weighted by Gasteiger charge is 2.53. The summed E-state index contributed by atoms with van der Waals surface area (Å²) in [5.74, 6) is 0. The Labute approximate surface area is 45.1 Å². The Morgan fingerprint density at radius 2 is 2.14 bits per heavy atom. The number of epoxide rings is 1. The Morgan fingerprint density at radius 3 is 2.29 bits per heavy atom. The van der Waals surface area contributed by atoms with E-state index in [0.29, 0.717) is 5.60 Å². The SMILES string of the molecule is PN1CC2(CO2)C1. The lowest BCUT2D eigenvalue weighted by Crippen LogP contribution is -2.47. The molecular formula is C4H8NOP. The quantitative estimate of drug-likeness (QED) is 0.324. The molecule has 0 aliphatic carbocycles. The molecule has 40 valence electrons. The molecule has 0 saturated carbocycles. The molecule has 2 rings (SSSR count). The summed E-state index contributed by atoms with van der Waals surface area (Å²) in [5.41, 5.74) is 0.349. The van der Waals surface area contributed by atoms with Gasteiger partial charge in [-0.2, -0.15) is 0 Å². The second-order valence-electron chi connectivity index (χ2n) is 2.38. The molecule has 0 amide bonds. The van der Waals surface area contributed by atoms with Crippen LogP contribution in [0.4, 0.5) is 0 Å². The lowest BCUT2D eigenvalue weighted by molar-refractivity contribution is 0.146. The summed E-state index contributed by atoms with van der Waals surface area (Å²) in [6, 6.07) is 0. The normalized spacial score (nSPS) is 35.6. The minimum Gasteiger partial charge on any atom is -0.367 e. The molecule has 0 aromatic rings. The molecule has 0 N–H and O–H groups in total. The van der Waals surface area contributed by atoms with Gasteiger partial charge in [0.25, 0.3) is 0 Å². The molecule has 2 nitrogen and oxygen atoms in total. The molecule has 1 spiro atoms. The average Bonchev–Trinajstić information content (AvgIpc) is 2.14. The van der Waals surface area contributed by atoms with Crippen molar-refractivity contribution in [3.63, 3.8) is 0 Å². The van der Waals surface area contributed by atoms with Gasteiger partial charge >= 0.3 is 0 Å². The molecule has 2 saturated heterocycles. The molecule has 7 heavy (non-hydrogen) atoms. The van der Waals surface area contributed by atoms with Gasteiger partial charge in [0.15, 0.2) is 0 Å². The first-order valence-corrected chi connectivity index (χ1v) is 2.96. The molecule has 0 radical (unpaired) electrons. The molecule has 1 unspecified atom stereocenters. The Kier molecular flexibility index (Phi) is 0.619. The second kappa shape index (κ2) is 1.02. The first kappa shape index (κ1) is 4.25. The predicted molar refractivity (Wildman–Crippen MR) is 30.0 cm³/mol. The van der Waals surface area contributed by atoms with Crippen molar-refractivity contribution >= 4 is 9.39 Å². The van der Waals surface area contributed by atoms with Crippen LogP contribution in [0.3, 0.4) is 0 Å². The average molecular weight is 117 g/mol. The summed E-state index contributed by atoms with van der Waals surface area (Å²) < 4.78 is 7.33. The van der Waals surface area contributed by atoms with Crippen molar-refractivity contribution in [3.05, 3.63) is 0 Å². The first-order valence-electron chi connectivity index (χ1n) is 2.44. The second-order valence-corrected chi connectivity index (χ2v) is 3.11. The molecule has 2 aliphatic rings. The van der Waals surface area contributed by atoms with Crippen molar-refractivity contribution in [2.24, 2.45) is 0 Å². The largest absolute Gasteiger partial charge is 0.367 e. The van der Waals surface area contributed by atoms with Crippen LogP contribution in [0.25, 0.3) is 0 Å². The molecule has 2 aliphatic heterocycles. The fraction of sp³-hybridized carbons (Fsp3) is 1.00. The lowest BCUT2D eigenvalue weighted by atomic mass is 10.1. The molecule has 2 heterocycles. The third-order valence-corrected chi connectivity index (χ3v) is 1.90. The fourth-order valence-electron chi connectivity index (χ4n) is 0.979. The molecule has 0 bridgehead atoms. The monoisotopic (exact) mass is 117 g/mol. The summed E-state index contributed by atoms with van der Waals surface area (Å²) in [6.45, 7) is 3.24. The standard InChI is InChI=1S/C4H8NOP/c7-5-1-4(2-5)3-6-4/h1-3,7H2. The predicted octanol–water partition coefficient (Wildman–Crippen LogP) is -0.139. The van der Waals surface area contributed by atoms with Crippen LogP contribution in [0.2, 0.25) is 0 Å². The molecule has 1 atom stereocenters. The van der Waals surface area contributed by atoms with Crippen molar-refractivity contribution in [2.75, 3.05) is 19.7 Å². The minimum atomic E-state index is 0.349. The molecule has 3 heteroatoms. The summed E-state index contributed by atoms with van der Waals surface area (Å²) >= 11 is 0. The fourth-order valence-corrected chi connectivity index (χ4v) is 1.64. The summed E-state index contributed by atoms with van der Waals surface area (Å²) in [4.78, 5) is 0. The van der Waals surface area contributed by atoms with Crippen LogP contribution >= 0.6 is 9.39 Å². The van der Waals surface area contributed by atoms with E-state index < -0.39 is 0 Å². The smallest absolute Gasteiger partial charge is 0.117 e. The third kappa shape index (κ3) is 0.510. The van der Waals surface area contributed by atoms with Crippen molar-refractivity contribution < 1.29 is 4.74 Å². The van der Waals surface area contributed by atoms with E-state index in [4.69, 9.17) is 4.74 Å². The minimum absolute atomic E-state index is 0.349. The molecular weight excluding hydrogens is 109 g/mol. The maximum atomic E-state index is 5.15. The van der Waals surface area contributed by atoms with Crippen LogP contribution < -0.4 is 0 Å². The Morgan fingerprint density at radius 1 is 1.57 bits per heavy atom. The van der Waals surface area contributed by atoms with Crippen molar-refractivity contribution in [2.45, 2.75) is 5.60 Å². The van der Waals surface area contributed by atoms with E-state index in [9.17, 15) is 0 Å². The van der Waals surface area contributed by atoms with Crippen molar-refractivity contribution in [3.8, 4) is 0 Å². The topological polar surface area (TPSA) is 15.8 Å². The lowest BCUT2D eigenvalue weighted by Gasteiger charge is -2.32. The zero-order valence-corrected chi connectivity index (χ0v) is 5.21. The first-order chi connectivity index (χ1) is 3.31. The van der Waals surface area contributed by atoms with Gasteiger partial charge in [-0.25, -0.2) is 0 Å². The van der Waals surface area contributed by atoms with E-state index >= 15 is 0 Å². The van der Waals surface area contributed by atoms with Crippen LogP contribution in [0, 0.1) is 0 Å². The third-order valence-electron chi connectivity index (χ3n) is 1.54. The van der Waals surface area contributed by atoms with E-state index in [-0.39, 0.29) is 0 Å². The van der Waals surface area contributed by atoms with Crippen LogP contribution in [-0.2, 0) is 4.74 Å². The van der Waals surface area contributed by atoms with E-state index in [0.717, 1.165) is 19.7 Å².